The molecule has 1 aliphatic heterocycles. The number of carbonyl (C=O) groups is 1. The smallest absolute Gasteiger partial charge is 0.237 e. The second kappa shape index (κ2) is 8.12. The molecule has 5 heteroatoms. The van der Waals surface area contributed by atoms with Crippen LogP contribution in [0.4, 0.5) is 10.1 Å². The largest absolute Gasteiger partial charge is 0.371 e. The molecular formula is C20H24FN3O. The third-order valence-corrected chi connectivity index (χ3v) is 4.68. The van der Waals surface area contributed by atoms with Crippen LogP contribution in [-0.4, -0.2) is 31.6 Å². The van der Waals surface area contributed by atoms with Gasteiger partial charge in [0.2, 0.25) is 5.91 Å². The van der Waals surface area contributed by atoms with Gasteiger partial charge >= 0.3 is 0 Å². The van der Waals surface area contributed by atoms with Crippen molar-refractivity contribution in [1.82, 2.24) is 5.32 Å². The molecule has 25 heavy (non-hydrogen) atoms. The van der Waals surface area contributed by atoms with E-state index >= 15 is 0 Å². The Labute approximate surface area is 147 Å². The molecule has 2 unspecified atom stereocenters. The molecule has 0 radical (unpaired) electrons. The monoisotopic (exact) mass is 341 g/mol. The van der Waals surface area contributed by atoms with E-state index in [9.17, 15) is 9.18 Å². The molecule has 1 aliphatic rings. The van der Waals surface area contributed by atoms with Gasteiger partial charge in [0, 0.05) is 25.3 Å². The van der Waals surface area contributed by atoms with Crippen LogP contribution in [0, 0.1) is 11.7 Å². The molecule has 2 aromatic rings. The number of hydrogen-bond donors (Lipinski definition) is 2. The van der Waals surface area contributed by atoms with Gasteiger partial charge in [-0.3, -0.25) is 4.79 Å². The van der Waals surface area contributed by atoms with Crippen molar-refractivity contribution in [3.63, 3.8) is 0 Å². The zero-order valence-corrected chi connectivity index (χ0v) is 14.2. The van der Waals surface area contributed by atoms with Gasteiger partial charge in [0.1, 0.15) is 5.82 Å². The minimum Gasteiger partial charge on any atom is -0.371 e. The zero-order chi connectivity index (χ0) is 17.6. The maximum absolute atomic E-state index is 13.0. The maximum Gasteiger partial charge on any atom is 0.237 e. The number of nitrogens with one attached hydrogen (secondary N) is 1. The first-order valence-electron chi connectivity index (χ1n) is 8.69. The quantitative estimate of drug-likeness (QED) is 0.848. The van der Waals surface area contributed by atoms with Crippen molar-refractivity contribution in [2.75, 3.05) is 24.5 Å². The molecule has 0 saturated carbocycles. The van der Waals surface area contributed by atoms with E-state index in [1.807, 2.05) is 30.3 Å². The summed E-state index contributed by atoms with van der Waals surface area (Å²) in [5.74, 6) is 0.0566. The molecule has 4 nitrogen and oxygen atoms in total. The predicted molar refractivity (Wildman–Crippen MR) is 97.9 cm³/mol. The van der Waals surface area contributed by atoms with Crippen LogP contribution in [-0.2, 0) is 11.2 Å². The average Bonchev–Trinajstić information content (AvgIpc) is 3.10. The molecular weight excluding hydrogens is 317 g/mol. The summed E-state index contributed by atoms with van der Waals surface area (Å²) in [5, 5.41) is 2.98. The summed E-state index contributed by atoms with van der Waals surface area (Å²) in [5.41, 5.74) is 8.10. The van der Waals surface area contributed by atoms with E-state index in [0.717, 1.165) is 30.8 Å². The number of nitrogens with zero attached hydrogens (tertiary/aromatic N) is 1. The average molecular weight is 341 g/mol. The van der Waals surface area contributed by atoms with Crippen molar-refractivity contribution in [2.24, 2.45) is 11.7 Å². The van der Waals surface area contributed by atoms with Crippen molar-refractivity contribution < 1.29 is 9.18 Å². The summed E-state index contributed by atoms with van der Waals surface area (Å²) >= 11 is 0. The molecule has 1 fully saturated rings. The molecule has 3 rings (SSSR count). The van der Waals surface area contributed by atoms with E-state index in [0.29, 0.717) is 18.9 Å². The van der Waals surface area contributed by atoms with Gasteiger partial charge in [0.25, 0.3) is 0 Å². The summed E-state index contributed by atoms with van der Waals surface area (Å²) in [6.45, 7) is 2.40. The lowest BCUT2D eigenvalue weighted by atomic mass is 10.1. The SMILES string of the molecule is NC(Cc1ccccc1)C(=O)NCC1CCN(c2ccc(F)cc2)C1. The molecule has 0 aliphatic carbocycles. The van der Waals surface area contributed by atoms with Gasteiger partial charge < -0.3 is 16.0 Å². The summed E-state index contributed by atoms with van der Waals surface area (Å²) in [4.78, 5) is 14.4. The fourth-order valence-corrected chi connectivity index (χ4v) is 3.22. The second-order valence-electron chi connectivity index (χ2n) is 6.62. The van der Waals surface area contributed by atoms with Crippen LogP contribution < -0.4 is 16.0 Å². The van der Waals surface area contributed by atoms with Crippen LogP contribution >= 0.6 is 0 Å². The van der Waals surface area contributed by atoms with Crippen molar-refractivity contribution in [3.8, 4) is 0 Å². The van der Waals surface area contributed by atoms with Gasteiger partial charge in [-0.2, -0.15) is 0 Å². The number of amides is 1. The van der Waals surface area contributed by atoms with Gasteiger partial charge in [-0.15, -0.1) is 0 Å². The minimum atomic E-state index is -0.531. The van der Waals surface area contributed by atoms with Crippen LogP contribution in [0.3, 0.4) is 0 Å². The topological polar surface area (TPSA) is 58.4 Å². The number of halogens is 1. The number of anilines is 1. The standard InChI is InChI=1S/C20H24FN3O/c21-17-6-8-18(9-7-17)24-11-10-16(14-24)13-23-20(25)19(22)12-15-4-2-1-3-5-15/h1-9,16,19H,10-14,22H2,(H,23,25). The fourth-order valence-electron chi connectivity index (χ4n) is 3.22. The Kier molecular flexibility index (Phi) is 5.66. The number of benzene rings is 2. The van der Waals surface area contributed by atoms with Crippen molar-refractivity contribution in [2.45, 2.75) is 18.9 Å². The maximum atomic E-state index is 13.0. The highest BCUT2D eigenvalue weighted by Crippen LogP contribution is 2.23. The summed E-state index contributed by atoms with van der Waals surface area (Å²) in [6.07, 6.45) is 1.55. The van der Waals surface area contributed by atoms with E-state index in [1.165, 1.54) is 12.1 Å². The summed E-state index contributed by atoms with van der Waals surface area (Å²) in [6, 6.07) is 15.8. The fraction of sp³-hybridized carbons (Fsp3) is 0.350. The highest BCUT2D eigenvalue weighted by Gasteiger charge is 2.24. The van der Waals surface area contributed by atoms with E-state index in [2.05, 4.69) is 10.2 Å². The normalized spacial score (nSPS) is 18.2. The van der Waals surface area contributed by atoms with Crippen LogP contribution in [0.15, 0.2) is 54.6 Å². The lowest BCUT2D eigenvalue weighted by molar-refractivity contribution is -0.122. The first kappa shape index (κ1) is 17.4. The Morgan fingerprint density at radius 3 is 2.64 bits per heavy atom. The van der Waals surface area contributed by atoms with E-state index in [4.69, 9.17) is 5.73 Å². The Morgan fingerprint density at radius 1 is 1.20 bits per heavy atom. The third kappa shape index (κ3) is 4.79. The molecule has 0 bridgehead atoms. The highest BCUT2D eigenvalue weighted by molar-refractivity contribution is 5.81. The first-order chi connectivity index (χ1) is 12.1. The van der Waals surface area contributed by atoms with E-state index in [-0.39, 0.29) is 11.7 Å². The van der Waals surface area contributed by atoms with Crippen LogP contribution in [0.2, 0.25) is 0 Å². The Balaban J connectivity index is 1.44. The molecule has 3 N–H and O–H groups in total. The number of hydrogen-bond acceptors (Lipinski definition) is 3. The lowest BCUT2D eigenvalue weighted by Crippen LogP contribution is -2.44. The molecule has 2 aromatic carbocycles. The zero-order valence-electron chi connectivity index (χ0n) is 14.2. The van der Waals surface area contributed by atoms with Crippen LogP contribution in [0.5, 0.6) is 0 Å². The molecule has 1 saturated heterocycles. The number of carbonyl (C=O) groups excluding carboxylic acids is 1. The Hall–Kier alpha value is -2.40. The molecule has 0 aromatic heterocycles. The van der Waals surface area contributed by atoms with E-state index in [1.54, 1.807) is 12.1 Å². The highest BCUT2D eigenvalue weighted by atomic mass is 19.1. The Bertz CT molecular complexity index is 690. The van der Waals surface area contributed by atoms with Crippen LogP contribution in [0.1, 0.15) is 12.0 Å². The lowest BCUT2D eigenvalue weighted by Gasteiger charge is -2.19. The van der Waals surface area contributed by atoms with Crippen LogP contribution in [0.25, 0.3) is 0 Å². The van der Waals surface area contributed by atoms with Crippen molar-refractivity contribution >= 4 is 11.6 Å². The predicted octanol–water partition coefficient (Wildman–Crippen LogP) is 2.34. The summed E-state index contributed by atoms with van der Waals surface area (Å²) < 4.78 is 13.0. The molecule has 0 spiro atoms. The van der Waals surface area contributed by atoms with Gasteiger partial charge in [-0.25, -0.2) is 4.39 Å². The third-order valence-electron chi connectivity index (χ3n) is 4.68. The Morgan fingerprint density at radius 2 is 1.92 bits per heavy atom. The van der Waals surface area contributed by atoms with Gasteiger partial charge in [0.15, 0.2) is 0 Å². The van der Waals surface area contributed by atoms with Crippen molar-refractivity contribution in [1.29, 1.82) is 0 Å². The minimum absolute atomic E-state index is 0.107. The molecule has 132 valence electrons. The van der Waals surface area contributed by atoms with Gasteiger partial charge in [0.05, 0.1) is 6.04 Å². The molecule has 2 atom stereocenters. The first-order valence-corrected chi connectivity index (χ1v) is 8.69. The summed E-state index contributed by atoms with van der Waals surface area (Å²) in [7, 11) is 0. The van der Waals surface area contributed by atoms with Gasteiger partial charge in [-0.05, 0) is 48.6 Å². The number of rotatable bonds is 6. The van der Waals surface area contributed by atoms with Crippen molar-refractivity contribution in [3.05, 3.63) is 66.0 Å². The number of nitrogens with two attached hydrogens (primary N) is 1. The van der Waals surface area contributed by atoms with E-state index < -0.39 is 6.04 Å². The van der Waals surface area contributed by atoms with Gasteiger partial charge in [-0.1, -0.05) is 30.3 Å². The molecule has 1 amide bonds. The molecule has 1 heterocycles. The second-order valence-corrected chi connectivity index (χ2v) is 6.62.